The van der Waals surface area contributed by atoms with Gasteiger partial charge in [0, 0.05) is 25.7 Å². The van der Waals surface area contributed by atoms with Crippen molar-refractivity contribution in [2.24, 2.45) is 11.8 Å². The molecule has 1 aliphatic carbocycles. The lowest BCUT2D eigenvalue weighted by Gasteiger charge is -2.34. The first-order valence-electron chi connectivity index (χ1n) is 12.5. The Kier molecular flexibility index (Phi) is 9.73. The maximum absolute atomic E-state index is 13.0. The molecule has 1 saturated carbocycles. The van der Waals surface area contributed by atoms with Gasteiger partial charge in [-0.2, -0.15) is 0 Å². The Morgan fingerprint density at radius 2 is 1.63 bits per heavy atom. The van der Waals surface area contributed by atoms with Crippen LogP contribution in [0.3, 0.4) is 0 Å². The molecule has 0 radical (unpaired) electrons. The second-order valence-electron chi connectivity index (χ2n) is 9.56. The highest BCUT2D eigenvalue weighted by Crippen LogP contribution is 2.29. The standard InChI is InChI=1S/C27H35N3O7S/c1-18-6-5-7-25(19(18)2)29-26(32)16-37-27(33)17-36-23-12-10-22(11-13-23)30(4)38(34,35)24-14-8-21(9-15-24)28-20(3)31/h8-15,18-19,25H,5-7,16-17H2,1-4H3,(H,28,31)(H,29,32)/t18-,19+,25-/m0/s1. The van der Waals surface area contributed by atoms with Crippen LogP contribution in [0.5, 0.6) is 5.75 Å². The van der Waals surface area contributed by atoms with Gasteiger partial charge in [0.05, 0.1) is 10.6 Å². The Labute approximate surface area is 223 Å². The number of hydrogen-bond acceptors (Lipinski definition) is 7. The van der Waals surface area contributed by atoms with Crippen molar-refractivity contribution < 1.29 is 32.3 Å². The first kappa shape index (κ1) is 29.0. The van der Waals surface area contributed by atoms with Crippen molar-refractivity contribution in [2.75, 3.05) is 29.9 Å². The molecule has 2 N–H and O–H groups in total. The first-order chi connectivity index (χ1) is 18.0. The lowest BCUT2D eigenvalue weighted by molar-refractivity contribution is -0.150. The van der Waals surface area contributed by atoms with Crippen molar-refractivity contribution in [2.45, 2.75) is 51.0 Å². The third kappa shape index (κ3) is 7.70. The van der Waals surface area contributed by atoms with Gasteiger partial charge >= 0.3 is 5.97 Å². The number of hydrogen-bond donors (Lipinski definition) is 2. The second-order valence-corrected chi connectivity index (χ2v) is 11.5. The predicted octanol–water partition coefficient (Wildman–Crippen LogP) is 3.33. The summed E-state index contributed by atoms with van der Waals surface area (Å²) in [6.07, 6.45) is 3.14. The second kappa shape index (κ2) is 12.8. The molecule has 3 atom stereocenters. The maximum atomic E-state index is 13.0. The number of nitrogens with one attached hydrogen (secondary N) is 2. The zero-order valence-electron chi connectivity index (χ0n) is 22.1. The molecule has 3 rings (SSSR count). The van der Waals surface area contributed by atoms with Gasteiger partial charge in [0.2, 0.25) is 5.91 Å². The van der Waals surface area contributed by atoms with Crippen LogP contribution in [0.15, 0.2) is 53.4 Å². The molecule has 206 valence electrons. The average Bonchev–Trinajstić information content (AvgIpc) is 2.88. The van der Waals surface area contributed by atoms with Gasteiger partial charge in [-0.15, -0.1) is 0 Å². The van der Waals surface area contributed by atoms with Crippen molar-refractivity contribution in [1.82, 2.24) is 5.32 Å². The van der Waals surface area contributed by atoms with Crippen LogP contribution in [0.2, 0.25) is 0 Å². The van der Waals surface area contributed by atoms with Gasteiger partial charge in [-0.1, -0.05) is 26.7 Å². The summed E-state index contributed by atoms with van der Waals surface area (Å²) in [5.41, 5.74) is 0.877. The van der Waals surface area contributed by atoms with Crippen molar-refractivity contribution in [3.63, 3.8) is 0 Å². The zero-order valence-corrected chi connectivity index (χ0v) is 22.9. The number of sulfonamides is 1. The molecule has 2 amide bonds. The van der Waals surface area contributed by atoms with E-state index in [1.807, 2.05) is 0 Å². The summed E-state index contributed by atoms with van der Waals surface area (Å²) in [4.78, 5) is 35.4. The fourth-order valence-electron chi connectivity index (χ4n) is 4.33. The van der Waals surface area contributed by atoms with Crippen LogP contribution >= 0.6 is 0 Å². The smallest absolute Gasteiger partial charge is 0.344 e. The molecule has 2 aromatic rings. The molecule has 0 bridgehead atoms. The number of ether oxygens (including phenoxy) is 2. The van der Waals surface area contributed by atoms with Crippen LogP contribution in [0.25, 0.3) is 0 Å². The number of rotatable bonds is 10. The molecule has 0 saturated heterocycles. The van der Waals surface area contributed by atoms with E-state index in [1.165, 1.54) is 50.4 Å². The summed E-state index contributed by atoms with van der Waals surface area (Å²) < 4.78 is 37.5. The van der Waals surface area contributed by atoms with E-state index in [0.29, 0.717) is 29.0 Å². The molecule has 38 heavy (non-hydrogen) atoms. The quantitative estimate of drug-likeness (QED) is 0.438. The van der Waals surface area contributed by atoms with Gasteiger partial charge in [-0.3, -0.25) is 13.9 Å². The average molecular weight is 546 g/mol. The summed E-state index contributed by atoms with van der Waals surface area (Å²) in [7, 11) is -2.42. The van der Waals surface area contributed by atoms with Crippen molar-refractivity contribution in [3.8, 4) is 5.75 Å². The Balaban J connectivity index is 1.47. The Morgan fingerprint density at radius 3 is 2.26 bits per heavy atom. The van der Waals surface area contributed by atoms with Crippen LogP contribution in [-0.2, 0) is 29.1 Å². The largest absolute Gasteiger partial charge is 0.482 e. The van der Waals surface area contributed by atoms with Gasteiger partial charge in [0.15, 0.2) is 13.2 Å². The van der Waals surface area contributed by atoms with E-state index in [9.17, 15) is 22.8 Å². The lowest BCUT2D eigenvalue weighted by atomic mass is 9.78. The highest BCUT2D eigenvalue weighted by molar-refractivity contribution is 7.92. The van der Waals surface area contributed by atoms with Gasteiger partial charge in [0.1, 0.15) is 5.75 Å². The van der Waals surface area contributed by atoms with Crippen LogP contribution in [-0.4, -0.2) is 52.5 Å². The Bertz CT molecular complexity index is 1230. The summed E-state index contributed by atoms with van der Waals surface area (Å²) in [5.74, 6) is -0.0129. The van der Waals surface area contributed by atoms with E-state index >= 15 is 0 Å². The van der Waals surface area contributed by atoms with E-state index in [-0.39, 0.29) is 29.4 Å². The van der Waals surface area contributed by atoms with Crippen LogP contribution in [0, 0.1) is 11.8 Å². The molecule has 0 unspecified atom stereocenters. The molecule has 1 aliphatic rings. The van der Waals surface area contributed by atoms with E-state index in [0.717, 1.165) is 23.6 Å². The topological polar surface area (TPSA) is 131 Å². The van der Waals surface area contributed by atoms with Crippen LogP contribution in [0.4, 0.5) is 11.4 Å². The molecular formula is C27H35N3O7S. The minimum atomic E-state index is -3.84. The van der Waals surface area contributed by atoms with Crippen molar-refractivity contribution >= 4 is 39.2 Å². The third-order valence-corrected chi connectivity index (χ3v) is 8.61. The normalized spacial score (nSPS) is 19.2. The van der Waals surface area contributed by atoms with Crippen LogP contribution < -0.4 is 19.7 Å². The summed E-state index contributed by atoms with van der Waals surface area (Å²) in [5, 5.41) is 5.54. The number of benzene rings is 2. The fraction of sp³-hybridized carbons (Fsp3) is 0.444. The first-order valence-corrected chi connectivity index (χ1v) is 14.0. The fourth-order valence-corrected chi connectivity index (χ4v) is 5.52. The van der Waals surface area contributed by atoms with Gasteiger partial charge in [-0.05, 0) is 66.8 Å². The summed E-state index contributed by atoms with van der Waals surface area (Å²) in [6, 6.07) is 12.1. The van der Waals surface area contributed by atoms with Crippen molar-refractivity contribution in [1.29, 1.82) is 0 Å². The van der Waals surface area contributed by atoms with E-state index < -0.39 is 22.6 Å². The Morgan fingerprint density at radius 1 is 0.974 bits per heavy atom. The highest BCUT2D eigenvalue weighted by Gasteiger charge is 2.28. The Hall–Kier alpha value is -3.60. The van der Waals surface area contributed by atoms with Crippen molar-refractivity contribution in [3.05, 3.63) is 48.5 Å². The minimum Gasteiger partial charge on any atom is -0.482 e. The summed E-state index contributed by atoms with van der Waals surface area (Å²) in [6.45, 7) is 4.91. The van der Waals surface area contributed by atoms with Gasteiger partial charge in [0.25, 0.3) is 15.9 Å². The highest BCUT2D eigenvalue weighted by atomic mass is 32.2. The number of esters is 1. The van der Waals surface area contributed by atoms with Gasteiger partial charge in [-0.25, -0.2) is 13.2 Å². The predicted molar refractivity (Wildman–Crippen MR) is 143 cm³/mol. The molecule has 2 aromatic carbocycles. The third-order valence-electron chi connectivity index (χ3n) is 6.81. The van der Waals surface area contributed by atoms with E-state index in [2.05, 4.69) is 24.5 Å². The molecule has 0 heterocycles. The molecular weight excluding hydrogens is 510 g/mol. The number of carbonyl (C=O) groups is 3. The van der Waals surface area contributed by atoms with Crippen LogP contribution in [0.1, 0.15) is 40.0 Å². The maximum Gasteiger partial charge on any atom is 0.344 e. The molecule has 1 fully saturated rings. The summed E-state index contributed by atoms with van der Waals surface area (Å²) >= 11 is 0. The monoisotopic (exact) mass is 545 g/mol. The molecule has 0 aliphatic heterocycles. The number of anilines is 2. The van der Waals surface area contributed by atoms with E-state index in [1.54, 1.807) is 12.1 Å². The molecule has 10 nitrogen and oxygen atoms in total. The zero-order chi connectivity index (χ0) is 27.9. The molecule has 11 heteroatoms. The molecule has 0 spiro atoms. The van der Waals surface area contributed by atoms with E-state index in [4.69, 9.17) is 9.47 Å². The van der Waals surface area contributed by atoms with Gasteiger partial charge < -0.3 is 20.1 Å². The lowest BCUT2D eigenvalue weighted by Crippen LogP contribution is -2.45. The minimum absolute atomic E-state index is 0.0636. The number of nitrogens with zero attached hydrogens (tertiary/aromatic N) is 1. The SMILES string of the molecule is CC(=O)Nc1ccc(S(=O)(=O)N(C)c2ccc(OCC(=O)OCC(=O)N[C@H]3CCC[C@H](C)[C@H]3C)cc2)cc1. The number of carbonyl (C=O) groups excluding carboxylic acids is 3. The number of amides is 2. The molecule has 0 aromatic heterocycles.